The second-order valence-electron chi connectivity index (χ2n) is 4.84. The fraction of sp³-hybridized carbons (Fsp3) is 0.200. The van der Waals surface area contributed by atoms with Crippen molar-refractivity contribution < 1.29 is 10.2 Å². The smallest absolute Gasteiger partial charge is 0.157 e. The number of fused-ring (bicyclic) bond motifs is 1. The molecule has 20 heavy (non-hydrogen) atoms. The molecule has 0 radical (unpaired) electrons. The molecule has 0 bridgehead atoms. The lowest BCUT2D eigenvalue weighted by atomic mass is 9.89. The standard InChI is InChI=1S/C15H13Cl2NO2/c16-9-1-2-10(12(17)6-9)15-11-7-14(20)13(19)5-8(11)3-4-18-15/h1-2,5-7,15,18-20H,3-4H2/t15-/m1/s1. The topological polar surface area (TPSA) is 52.5 Å². The van der Waals surface area contributed by atoms with Crippen molar-refractivity contribution in [2.75, 3.05) is 6.54 Å². The molecule has 0 saturated carbocycles. The molecule has 0 unspecified atom stereocenters. The summed E-state index contributed by atoms with van der Waals surface area (Å²) in [5.41, 5.74) is 2.84. The fourth-order valence-corrected chi connectivity index (χ4v) is 3.11. The Hall–Kier alpha value is -1.42. The predicted molar refractivity (Wildman–Crippen MR) is 79.8 cm³/mol. The Labute approximate surface area is 126 Å². The average Bonchev–Trinajstić information content (AvgIpc) is 2.40. The van der Waals surface area contributed by atoms with E-state index >= 15 is 0 Å². The maximum absolute atomic E-state index is 9.72. The van der Waals surface area contributed by atoms with E-state index in [0.29, 0.717) is 10.0 Å². The normalized spacial score (nSPS) is 17.8. The lowest BCUT2D eigenvalue weighted by Gasteiger charge is -2.28. The van der Waals surface area contributed by atoms with Crippen LogP contribution in [0.4, 0.5) is 0 Å². The zero-order chi connectivity index (χ0) is 14.3. The summed E-state index contributed by atoms with van der Waals surface area (Å²) in [6.07, 6.45) is 0.797. The molecule has 1 aliphatic rings. The van der Waals surface area contributed by atoms with Crippen molar-refractivity contribution in [3.63, 3.8) is 0 Å². The van der Waals surface area contributed by atoms with Crippen molar-refractivity contribution >= 4 is 23.2 Å². The van der Waals surface area contributed by atoms with Gasteiger partial charge in [-0.25, -0.2) is 0 Å². The molecular weight excluding hydrogens is 297 g/mol. The SMILES string of the molecule is Oc1cc2c(cc1O)[C@@H](c1ccc(Cl)cc1Cl)NCC2. The van der Waals surface area contributed by atoms with E-state index in [9.17, 15) is 10.2 Å². The van der Waals surface area contributed by atoms with Gasteiger partial charge in [0.1, 0.15) is 0 Å². The largest absolute Gasteiger partial charge is 0.504 e. The van der Waals surface area contributed by atoms with Crippen LogP contribution < -0.4 is 5.32 Å². The van der Waals surface area contributed by atoms with E-state index in [1.807, 2.05) is 6.07 Å². The van der Waals surface area contributed by atoms with Crippen molar-refractivity contribution in [3.8, 4) is 11.5 Å². The number of benzene rings is 2. The highest BCUT2D eigenvalue weighted by molar-refractivity contribution is 6.35. The third-order valence-corrected chi connectivity index (χ3v) is 4.13. The maximum atomic E-state index is 9.72. The van der Waals surface area contributed by atoms with Crippen LogP contribution in [0.5, 0.6) is 11.5 Å². The first-order chi connectivity index (χ1) is 9.56. The summed E-state index contributed by atoms with van der Waals surface area (Å²) < 4.78 is 0. The number of hydrogen-bond acceptors (Lipinski definition) is 3. The molecule has 0 fully saturated rings. The highest BCUT2D eigenvalue weighted by atomic mass is 35.5. The number of hydrogen-bond donors (Lipinski definition) is 3. The number of aromatic hydroxyl groups is 2. The Bertz CT molecular complexity index is 673. The van der Waals surface area contributed by atoms with Gasteiger partial charge in [-0.15, -0.1) is 0 Å². The highest BCUT2D eigenvalue weighted by Gasteiger charge is 2.24. The van der Waals surface area contributed by atoms with Gasteiger partial charge in [0.25, 0.3) is 0 Å². The van der Waals surface area contributed by atoms with Gasteiger partial charge in [-0.2, -0.15) is 0 Å². The quantitative estimate of drug-likeness (QED) is 0.705. The first-order valence-electron chi connectivity index (χ1n) is 6.29. The summed E-state index contributed by atoms with van der Waals surface area (Å²) in [6, 6.07) is 8.46. The number of halogens is 2. The molecule has 0 saturated heterocycles. The third-order valence-electron chi connectivity index (χ3n) is 3.56. The van der Waals surface area contributed by atoms with Gasteiger partial charge in [0.15, 0.2) is 11.5 Å². The Morgan fingerprint density at radius 1 is 1.00 bits per heavy atom. The van der Waals surface area contributed by atoms with Crippen LogP contribution in [0, 0.1) is 0 Å². The fourth-order valence-electron chi connectivity index (χ4n) is 2.60. The Morgan fingerprint density at radius 2 is 1.75 bits per heavy atom. The number of phenols is 2. The first kappa shape index (κ1) is 13.6. The van der Waals surface area contributed by atoms with Gasteiger partial charge in [0.2, 0.25) is 0 Å². The summed E-state index contributed by atoms with van der Waals surface area (Å²) in [5.74, 6) is -0.214. The molecule has 0 amide bonds. The summed E-state index contributed by atoms with van der Waals surface area (Å²) in [7, 11) is 0. The van der Waals surface area contributed by atoms with E-state index in [0.717, 1.165) is 29.7 Å². The van der Waals surface area contributed by atoms with Gasteiger partial charge < -0.3 is 15.5 Å². The van der Waals surface area contributed by atoms with Crippen LogP contribution in [0.25, 0.3) is 0 Å². The molecule has 2 aromatic carbocycles. The zero-order valence-electron chi connectivity index (χ0n) is 10.5. The monoisotopic (exact) mass is 309 g/mol. The van der Waals surface area contributed by atoms with E-state index in [4.69, 9.17) is 23.2 Å². The van der Waals surface area contributed by atoms with Crippen molar-refractivity contribution in [1.82, 2.24) is 5.32 Å². The van der Waals surface area contributed by atoms with Crippen LogP contribution in [0.15, 0.2) is 30.3 Å². The van der Waals surface area contributed by atoms with Gasteiger partial charge in [-0.05, 0) is 47.4 Å². The first-order valence-corrected chi connectivity index (χ1v) is 7.05. The highest BCUT2D eigenvalue weighted by Crippen LogP contribution is 2.38. The number of rotatable bonds is 1. The summed E-state index contributed by atoms with van der Waals surface area (Å²) in [4.78, 5) is 0. The van der Waals surface area contributed by atoms with Crippen LogP contribution in [0.1, 0.15) is 22.7 Å². The number of phenolic OH excluding ortho intramolecular Hbond substituents is 2. The van der Waals surface area contributed by atoms with Crippen LogP contribution in [-0.2, 0) is 6.42 Å². The molecule has 3 nitrogen and oxygen atoms in total. The van der Waals surface area contributed by atoms with Crippen molar-refractivity contribution in [3.05, 3.63) is 57.1 Å². The molecule has 1 aliphatic heterocycles. The molecule has 0 aliphatic carbocycles. The summed E-state index contributed by atoms with van der Waals surface area (Å²) >= 11 is 12.2. The molecule has 3 rings (SSSR count). The van der Waals surface area contributed by atoms with Crippen LogP contribution in [-0.4, -0.2) is 16.8 Å². The Morgan fingerprint density at radius 3 is 2.50 bits per heavy atom. The minimum atomic E-state index is -0.123. The Balaban J connectivity index is 2.11. The molecule has 0 aromatic heterocycles. The van der Waals surface area contributed by atoms with E-state index in [2.05, 4.69) is 5.32 Å². The van der Waals surface area contributed by atoms with Gasteiger partial charge in [-0.1, -0.05) is 29.3 Å². The molecule has 3 N–H and O–H groups in total. The van der Waals surface area contributed by atoms with Crippen molar-refractivity contribution in [1.29, 1.82) is 0 Å². The number of nitrogens with one attached hydrogen (secondary N) is 1. The Kier molecular flexibility index (Phi) is 3.50. The molecule has 2 aromatic rings. The predicted octanol–water partition coefficient (Wildman–Crippen LogP) is 3.64. The van der Waals surface area contributed by atoms with E-state index < -0.39 is 0 Å². The molecular formula is C15H13Cl2NO2. The maximum Gasteiger partial charge on any atom is 0.157 e. The van der Waals surface area contributed by atoms with Gasteiger partial charge >= 0.3 is 0 Å². The summed E-state index contributed by atoms with van der Waals surface area (Å²) in [6.45, 7) is 0.779. The van der Waals surface area contributed by atoms with E-state index in [1.54, 1.807) is 24.3 Å². The molecule has 0 spiro atoms. The van der Waals surface area contributed by atoms with Crippen LogP contribution in [0.2, 0.25) is 10.0 Å². The lowest BCUT2D eigenvalue weighted by molar-refractivity contribution is 0.400. The average molecular weight is 310 g/mol. The second kappa shape index (κ2) is 5.17. The molecule has 1 heterocycles. The van der Waals surface area contributed by atoms with Crippen LogP contribution in [0.3, 0.4) is 0 Å². The third kappa shape index (κ3) is 2.33. The van der Waals surface area contributed by atoms with Crippen molar-refractivity contribution in [2.24, 2.45) is 0 Å². The van der Waals surface area contributed by atoms with Crippen molar-refractivity contribution in [2.45, 2.75) is 12.5 Å². The molecule has 1 atom stereocenters. The van der Waals surface area contributed by atoms with Gasteiger partial charge in [-0.3, -0.25) is 0 Å². The minimum absolute atomic E-state index is 0.0911. The van der Waals surface area contributed by atoms with Crippen LogP contribution >= 0.6 is 23.2 Å². The molecule has 5 heteroatoms. The lowest BCUT2D eigenvalue weighted by Crippen LogP contribution is -2.30. The van der Waals surface area contributed by atoms with E-state index in [-0.39, 0.29) is 17.5 Å². The van der Waals surface area contributed by atoms with Gasteiger partial charge in [0, 0.05) is 16.6 Å². The minimum Gasteiger partial charge on any atom is -0.504 e. The zero-order valence-corrected chi connectivity index (χ0v) is 12.0. The summed E-state index contributed by atoms with van der Waals surface area (Å²) in [5, 5.41) is 23.9. The van der Waals surface area contributed by atoms with E-state index in [1.165, 1.54) is 0 Å². The second-order valence-corrected chi connectivity index (χ2v) is 5.69. The van der Waals surface area contributed by atoms with Gasteiger partial charge in [0.05, 0.1) is 6.04 Å². The molecule has 104 valence electrons.